The summed E-state index contributed by atoms with van der Waals surface area (Å²) in [6.45, 7) is 6.25. The van der Waals surface area contributed by atoms with Crippen molar-refractivity contribution in [2.75, 3.05) is 20.1 Å². The number of nitrogens with zero attached hydrogens (tertiary/aromatic N) is 4. The fraction of sp³-hybridized carbons (Fsp3) is 0.857. The first-order chi connectivity index (χ1) is 9.28. The summed E-state index contributed by atoms with van der Waals surface area (Å²) in [5, 5.41) is 11.8. The molecule has 1 fully saturated rings. The van der Waals surface area contributed by atoms with E-state index in [0.29, 0.717) is 0 Å². The molecule has 1 aliphatic rings. The van der Waals surface area contributed by atoms with Crippen LogP contribution in [0.15, 0.2) is 6.20 Å². The van der Waals surface area contributed by atoms with Crippen molar-refractivity contribution in [1.29, 1.82) is 0 Å². The van der Waals surface area contributed by atoms with Crippen molar-refractivity contribution in [2.45, 2.75) is 58.2 Å². The third-order valence-electron chi connectivity index (χ3n) is 3.59. The van der Waals surface area contributed by atoms with E-state index in [9.17, 15) is 0 Å². The van der Waals surface area contributed by atoms with Crippen LogP contribution in [0.3, 0.4) is 0 Å². The van der Waals surface area contributed by atoms with Gasteiger partial charge in [0.2, 0.25) is 0 Å². The van der Waals surface area contributed by atoms with Crippen molar-refractivity contribution in [3.63, 3.8) is 0 Å². The number of likely N-dealkylation sites (N-methyl/N-ethyl adjacent to an activating group) is 1. The Morgan fingerprint density at radius 1 is 1.37 bits per heavy atom. The van der Waals surface area contributed by atoms with Crippen LogP contribution in [0.5, 0.6) is 0 Å². The van der Waals surface area contributed by atoms with Crippen LogP contribution in [-0.4, -0.2) is 46.1 Å². The Hall–Kier alpha value is -0.940. The van der Waals surface area contributed by atoms with Crippen molar-refractivity contribution in [3.8, 4) is 0 Å². The Morgan fingerprint density at radius 2 is 2.21 bits per heavy atom. The average Bonchev–Trinajstić information content (AvgIpc) is 3.13. The highest BCUT2D eigenvalue weighted by Crippen LogP contribution is 2.18. The molecule has 5 nitrogen and oxygen atoms in total. The van der Waals surface area contributed by atoms with Crippen LogP contribution in [0.1, 0.15) is 44.7 Å². The van der Waals surface area contributed by atoms with Gasteiger partial charge >= 0.3 is 0 Å². The lowest BCUT2D eigenvalue weighted by atomic mass is 10.2. The topological polar surface area (TPSA) is 46.0 Å². The van der Waals surface area contributed by atoms with E-state index in [1.54, 1.807) is 0 Å². The van der Waals surface area contributed by atoms with Crippen LogP contribution in [-0.2, 0) is 13.1 Å². The Balaban J connectivity index is 1.61. The second-order valence-corrected chi connectivity index (χ2v) is 5.64. The average molecular weight is 265 g/mol. The van der Waals surface area contributed by atoms with E-state index in [0.717, 1.165) is 31.4 Å². The van der Waals surface area contributed by atoms with Gasteiger partial charge in [0, 0.05) is 25.3 Å². The summed E-state index contributed by atoms with van der Waals surface area (Å²) in [6, 6.07) is 0.731. The molecule has 0 unspecified atom stereocenters. The standard InChI is InChI=1S/C14H27N5/c1-3-4-5-8-18(2)9-10-19-12-14(16-17-19)11-15-13-6-7-13/h12-13,15H,3-11H2,1-2H3. The molecule has 1 aromatic heterocycles. The molecule has 1 aliphatic carbocycles. The lowest BCUT2D eigenvalue weighted by Gasteiger charge is -2.15. The van der Waals surface area contributed by atoms with Crippen LogP contribution < -0.4 is 5.32 Å². The molecule has 5 heteroatoms. The second kappa shape index (κ2) is 7.60. The first-order valence-electron chi connectivity index (χ1n) is 7.59. The molecule has 0 radical (unpaired) electrons. The van der Waals surface area contributed by atoms with Crippen LogP contribution in [0, 0.1) is 0 Å². The van der Waals surface area contributed by atoms with Crippen LogP contribution in [0.2, 0.25) is 0 Å². The first-order valence-corrected chi connectivity index (χ1v) is 7.59. The highest BCUT2D eigenvalue weighted by molar-refractivity contribution is 4.94. The number of unbranched alkanes of at least 4 members (excludes halogenated alkanes) is 2. The van der Waals surface area contributed by atoms with Crippen LogP contribution in [0.25, 0.3) is 0 Å². The lowest BCUT2D eigenvalue weighted by Crippen LogP contribution is -2.24. The Labute approximate surface area is 116 Å². The summed E-state index contributed by atoms with van der Waals surface area (Å²) in [5.74, 6) is 0. The van der Waals surface area contributed by atoms with Crippen molar-refractivity contribution < 1.29 is 0 Å². The van der Waals surface area contributed by atoms with Gasteiger partial charge in [-0.3, -0.25) is 4.68 Å². The van der Waals surface area contributed by atoms with Gasteiger partial charge in [-0.1, -0.05) is 25.0 Å². The number of rotatable bonds is 10. The largest absolute Gasteiger partial charge is 0.308 e. The number of nitrogens with one attached hydrogen (secondary N) is 1. The van der Waals surface area contributed by atoms with E-state index >= 15 is 0 Å². The minimum atomic E-state index is 0.731. The van der Waals surface area contributed by atoms with Gasteiger partial charge in [0.05, 0.1) is 12.2 Å². The molecule has 0 amide bonds. The maximum atomic E-state index is 4.20. The predicted molar refractivity (Wildman–Crippen MR) is 76.9 cm³/mol. The van der Waals surface area contributed by atoms with E-state index in [4.69, 9.17) is 0 Å². The lowest BCUT2D eigenvalue weighted by molar-refractivity contribution is 0.304. The first kappa shape index (κ1) is 14.5. The zero-order valence-corrected chi connectivity index (χ0v) is 12.3. The van der Waals surface area contributed by atoms with Gasteiger partial charge in [0.25, 0.3) is 0 Å². The highest BCUT2D eigenvalue weighted by atomic mass is 15.4. The smallest absolute Gasteiger partial charge is 0.0964 e. The molecule has 0 spiro atoms. The molecule has 1 N–H and O–H groups in total. The molecule has 1 aromatic rings. The predicted octanol–water partition coefficient (Wildman–Crippen LogP) is 1.65. The summed E-state index contributed by atoms with van der Waals surface area (Å²) in [4.78, 5) is 2.37. The number of hydrogen-bond acceptors (Lipinski definition) is 4. The summed E-state index contributed by atoms with van der Waals surface area (Å²) < 4.78 is 1.96. The molecule has 0 aliphatic heterocycles. The van der Waals surface area contributed by atoms with E-state index in [1.807, 2.05) is 4.68 Å². The molecule has 0 bridgehead atoms. The number of aromatic nitrogens is 3. The van der Waals surface area contributed by atoms with Crippen molar-refractivity contribution in [1.82, 2.24) is 25.2 Å². The second-order valence-electron chi connectivity index (χ2n) is 5.64. The zero-order chi connectivity index (χ0) is 13.5. The normalized spacial score (nSPS) is 15.3. The minimum absolute atomic E-state index is 0.731. The Morgan fingerprint density at radius 3 is 2.95 bits per heavy atom. The quantitative estimate of drug-likeness (QED) is 0.654. The van der Waals surface area contributed by atoms with E-state index in [-0.39, 0.29) is 0 Å². The minimum Gasteiger partial charge on any atom is -0.308 e. The molecule has 0 saturated heterocycles. The number of hydrogen-bond donors (Lipinski definition) is 1. The SMILES string of the molecule is CCCCCN(C)CCn1cc(CNC2CC2)nn1. The van der Waals surface area contributed by atoms with E-state index < -0.39 is 0 Å². The van der Waals surface area contributed by atoms with Crippen molar-refractivity contribution in [2.24, 2.45) is 0 Å². The van der Waals surface area contributed by atoms with Crippen molar-refractivity contribution in [3.05, 3.63) is 11.9 Å². The molecule has 0 aromatic carbocycles. The third kappa shape index (κ3) is 5.70. The third-order valence-corrected chi connectivity index (χ3v) is 3.59. The maximum Gasteiger partial charge on any atom is 0.0964 e. The van der Waals surface area contributed by atoms with Gasteiger partial charge in [-0.2, -0.15) is 0 Å². The zero-order valence-electron chi connectivity index (χ0n) is 12.3. The molecular formula is C14H27N5. The summed E-state index contributed by atoms with van der Waals surface area (Å²) >= 11 is 0. The fourth-order valence-corrected chi connectivity index (χ4v) is 2.08. The molecule has 108 valence electrons. The van der Waals surface area contributed by atoms with Gasteiger partial charge in [-0.15, -0.1) is 5.10 Å². The maximum absolute atomic E-state index is 4.20. The Bertz CT molecular complexity index is 358. The molecular weight excluding hydrogens is 238 g/mol. The fourth-order valence-electron chi connectivity index (χ4n) is 2.08. The van der Waals surface area contributed by atoms with E-state index in [2.05, 4.69) is 40.7 Å². The molecule has 1 heterocycles. The van der Waals surface area contributed by atoms with E-state index in [1.165, 1.54) is 38.6 Å². The van der Waals surface area contributed by atoms with Gasteiger partial charge in [-0.05, 0) is 32.9 Å². The van der Waals surface area contributed by atoms with Gasteiger partial charge in [0.15, 0.2) is 0 Å². The Kier molecular flexibility index (Phi) is 5.79. The molecule has 2 rings (SSSR count). The van der Waals surface area contributed by atoms with Gasteiger partial charge in [0.1, 0.15) is 0 Å². The van der Waals surface area contributed by atoms with Gasteiger partial charge in [-0.25, -0.2) is 0 Å². The monoisotopic (exact) mass is 265 g/mol. The highest BCUT2D eigenvalue weighted by Gasteiger charge is 2.20. The van der Waals surface area contributed by atoms with Crippen molar-refractivity contribution >= 4 is 0 Å². The van der Waals surface area contributed by atoms with Crippen LogP contribution >= 0.6 is 0 Å². The summed E-state index contributed by atoms with van der Waals surface area (Å²) in [5.41, 5.74) is 1.06. The van der Waals surface area contributed by atoms with Gasteiger partial charge < -0.3 is 10.2 Å². The molecule has 0 atom stereocenters. The summed E-state index contributed by atoms with van der Waals surface area (Å²) in [6.07, 6.45) is 8.60. The molecule has 19 heavy (non-hydrogen) atoms. The van der Waals surface area contributed by atoms with Crippen LogP contribution in [0.4, 0.5) is 0 Å². The molecule has 1 saturated carbocycles. The summed E-state index contributed by atoms with van der Waals surface area (Å²) in [7, 11) is 2.18.